The lowest BCUT2D eigenvalue weighted by molar-refractivity contribution is -0.136. The zero-order valence-electron chi connectivity index (χ0n) is 11.1. The summed E-state index contributed by atoms with van der Waals surface area (Å²) < 4.78 is 0. The fraction of sp³-hybridized carbons (Fsp3) is 0.308. The van der Waals surface area contributed by atoms with Crippen molar-refractivity contribution < 1.29 is 19.5 Å². The Morgan fingerprint density at radius 3 is 2.45 bits per heavy atom. The van der Waals surface area contributed by atoms with Crippen LogP contribution in [0.3, 0.4) is 0 Å². The molecule has 1 unspecified atom stereocenters. The quantitative estimate of drug-likeness (QED) is 0.548. The minimum atomic E-state index is -0.925. The van der Waals surface area contributed by atoms with Crippen LogP contribution in [0.4, 0.5) is 5.69 Å². The van der Waals surface area contributed by atoms with E-state index in [4.69, 9.17) is 10.8 Å². The van der Waals surface area contributed by atoms with Gasteiger partial charge >= 0.3 is 11.8 Å². The van der Waals surface area contributed by atoms with Crippen molar-refractivity contribution >= 4 is 23.4 Å². The van der Waals surface area contributed by atoms with Gasteiger partial charge < -0.3 is 21.5 Å². The first-order chi connectivity index (χ1) is 9.49. The highest BCUT2D eigenvalue weighted by atomic mass is 16.3. The number of primary amides is 1. The van der Waals surface area contributed by atoms with Crippen molar-refractivity contribution in [3.63, 3.8) is 0 Å². The lowest BCUT2D eigenvalue weighted by Crippen LogP contribution is -2.43. The van der Waals surface area contributed by atoms with Crippen LogP contribution in [-0.2, 0) is 9.59 Å². The SMILES string of the molecule is CCC(CO)NC(=O)C(=O)Nc1ccccc1C(N)=O. The van der Waals surface area contributed by atoms with Crippen LogP contribution in [0, 0.1) is 0 Å². The Morgan fingerprint density at radius 2 is 1.90 bits per heavy atom. The Balaban J connectivity index is 2.76. The Bertz CT molecular complexity index is 512. The molecule has 108 valence electrons. The van der Waals surface area contributed by atoms with Crippen molar-refractivity contribution in [3.05, 3.63) is 29.8 Å². The van der Waals surface area contributed by atoms with E-state index < -0.39 is 23.8 Å². The molecule has 0 saturated heterocycles. The Kier molecular flexibility index (Phi) is 5.67. The highest BCUT2D eigenvalue weighted by Crippen LogP contribution is 2.13. The van der Waals surface area contributed by atoms with Crippen molar-refractivity contribution in [1.82, 2.24) is 5.32 Å². The normalized spacial score (nSPS) is 11.5. The van der Waals surface area contributed by atoms with Gasteiger partial charge in [-0.1, -0.05) is 19.1 Å². The molecule has 0 fully saturated rings. The summed E-state index contributed by atoms with van der Waals surface area (Å²) in [5, 5.41) is 13.6. The van der Waals surface area contributed by atoms with E-state index >= 15 is 0 Å². The van der Waals surface area contributed by atoms with Crippen molar-refractivity contribution in [3.8, 4) is 0 Å². The summed E-state index contributed by atoms with van der Waals surface area (Å²) in [6, 6.07) is 5.62. The fourth-order valence-corrected chi connectivity index (χ4v) is 1.51. The number of benzene rings is 1. The van der Waals surface area contributed by atoms with Crippen LogP contribution >= 0.6 is 0 Å². The molecule has 1 rings (SSSR count). The molecule has 0 aliphatic heterocycles. The third-order valence-corrected chi connectivity index (χ3v) is 2.70. The van der Waals surface area contributed by atoms with Gasteiger partial charge in [0.2, 0.25) is 0 Å². The molecule has 0 aliphatic rings. The third-order valence-electron chi connectivity index (χ3n) is 2.70. The highest BCUT2D eigenvalue weighted by Gasteiger charge is 2.19. The summed E-state index contributed by atoms with van der Waals surface area (Å²) >= 11 is 0. The zero-order valence-corrected chi connectivity index (χ0v) is 11.1. The molecule has 0 heterocycles. The standard InChI is InChI=1S/C13H17N3O4/c1-2-8(7-17)15-12(19)13(20)16-10-6-4-3-5-9(10)11(14)18/h3-6,8,17H,2,7H2,1H3,(H2,14,18)(H,15,19)(H,16,20). The van der Waals surface area contributed by atoms with Gasteiger partial charge in [0.05, 0.1) is 23.9 Å². The van der Waals surface area contributed by atoms with Gasteiger partial charge in [-0.15, -0.1) is 0 Å². The van der Waals surface area contributed by atoms with E-state index in [0.717, 1.165) is 0 Å². The predicted molar refractivity (Wildman–Crippen MR) is 72.9 cm³/mol. The van der Waals surface area contributed by atoms with Crippen LogP contribution in [0.15, 0.2) is 24.3 Å². The average Bonchev–Trinajstić information content (AvgIpc) is 2.44. The molecule has 0 bridgehead atoms. The molecule has 7 nitrogen and oxygen atoms in total. The topological polar surface area (TPSA) is 122 Å². The molecule has 0 aliphatic carbocycles. The zero-order chi connectivity index (χ0) is 15.1. The minimum absolute atomic E-state index is 0.114. The van der Waals surface area contributed by atoms with Crippen LogP contribution in [-0.4, -0.2) is 35.5 Å². The Labute approximate surface area is 116 Å². The third kappa shape index (κ3) is 4.06. The van der Waals surface area contributed by atoms with Gasteiger partial charge in [0.25, 0.3) is 5.91 Å². The van der Waals surface area contributed by atoms with Crippen molar-refractivity contribution in [1.29, 1.82) is 0 Å². The van der Waals surface area contributed by atoms with Gasteiger partial charge in [0.1, 0.15) is 0 Å². The molecule has 5 N–H and O–H groups in total. The molecule has 0 spiro atoms. The minimum Gasteiger partial charge on any atom is -0.394 e. The fourth-order valence-electron chi connectivity index (χ4n) is 1.51. The van der Waals surface area contributed by atoms with E-state index in [1.807, 2.05) is 0 Å². The maximum absolute atomic E-state index is 11.7. The summed E-state index contributed by atoms with van der Waals surface area (Å²) in [6.07, 6.45) is 0.493. The number of para-hydroxylation sites is 1. The van der Waals surface area contributed by atoms with E-state index in [1.54, 1.807) is 19.1 Å². The maximum atomic E-state index is 11.7. The van der Waals surface area contributed by atoms with Crippen LogP contribution in [0.1, 0.15) is 23.7 Å². The number of carbonyl (C=O) groups is 3. The molecule has 3 amide bonds. The molecular formula is C13H17N3O4. The summed E-state index contributed by atoms with van der Waals surface area (Å²) in [7, 11) is 0. The van der Waals surface area contributed by atoms with Crippen LogP contribution in [0.25, 0.3) is 0 Å². The molecule has 1 aromatic carbocycles. The highest BCUT2D eigenvalue weighted by molar-refractivity contribution is 6.40. The van der Waals surface area contributed by atoms with E-state index in [9.17, 15) is 14.4 Å². The summed E-state index contributed by atoms with van der Waals surface area (Å²) in [6.45, 7) is 1.51. The maximum Gasteiger partial charge on any atom is 0.313 e. The number of nitrogens with one attached hydrogen (secondary N) is 2. The van der Waals surface area contributed by atoms with E-state index in [1.165, 1.54) is 12.1 Å². The molecule has 0 radical (unpaired) electrons. The number of amides is 3. The summed E-state index contributed by atoms with van der Waals surface area (Å²) in [5.74, 6) is -2.51. The number of anilines is 1. The first-order valence-electron chi connectivity index (χ1n) is 6.11. The number of carbonyl (C=O) groups excluding carboxylic acids is 3. The molecule has 0 saturated carbocycles. The Hall–Kier alpha value is -2.41. The number of hydrogen-bond donors (Lipinski definition) is 4. The van der Waals surface area contributed by atoms with Crippen molar-refractivity contribution in [2.45, 2.75) is 19.4 Å². The van der Waals surface area contributed by atoms with Gasteiger partial charge in [-0.05, 0) is 18.6 Å². The molecular weight excluding hydrogens is 262 g/mol. The van der Waals surface area contributed by atoms with Gasteiger partial charge in [0, 0.05) is 0 Å². The smallest absolute Gasteiger partial charge is 0.313 e. The summed E-state index contributed by atoms with van der Waals surface area (Å²) in [5.41, 5.74) is 5.44. The van der Waals surface area contributed by atoms with E-state index in [2.05, 4.69) is 10.6 Å². The Morgan fingerprint density at radius 1 is 1.25 bits per heavy atom. The van der Waals surface area contributed by atoms with E-state index in [-0.39, 0.29) is 17.9 Å². The number of nitrogens with two attached hydrogens (primary N) is 1. The monoisotopic (exact) mass is 279 g/mol. The first-order valence-corrected chi connectivity index (χ1v) is 6.11. The number of hydrogen-bond acceptors (Lipinski definition) is 4. The molecule has 0 aromatic heterocycles. The molecule has 1 aromatic rings. The van der Waals surface area contributed by atoms with Crippen LogP contribution in [0.2, 0.25) is 0 Å². The largest absolute Gasteiger partial charge is 0.394 e. The molecule has 20 heavy (non-hydrogen) atoms. The second kappa shape index (κ2) is 7.25. The predicted octanol–water partition coefficient (Wildman–Crippen LogP) is -0.389. The summed E-state index contributed by atoms with van der Waals surface area (Å²) in [4.78, 5) is 34.5. The van der Waals surface area contributed by atoms with Gasteiger partial charge in [-0.25, -0.2) is 0 Å². The lowest BCUT2D eigenvalue weighted by Gasteiger charge is -2.14. The van der Waals surface area contributed by atoms with Gasteiger partial charge in [-0.3, -0.25) is 14.4 Å². The van der Waals surface area contributed by atoms with Crippen molar-refractivity contribution in [2.24, 2.45) is 5.73 Å². The number of rotatable bonds is 5. The van der Waals surface area contributed by atoms with E-state index in [0.29, 0.717) is 6.42 Å². The van der Waals surface area contributed by atoms with Crippen LogP contribution < -0.4 is 16.4 Å². The molecule has 7 heteroatoms. The number of aliphatic hydroxyl groups is 1. The van der Waals surface area contributed by atoms with Gasteiger partial charge in [-0.2, -0.15) is 0 Å². The van der Waals surface area contributed by atoms with Gasteiger partial charge in [0.15, 0.2) is 0 Å². The first kappa shape index (κ1) is 15.6. The molecule has 1 atom stereocenters. The lowest BCUT2D eigenvalue weighted by atomic mass is 10.1. The average molecular weight is 279 g/mol. The second-order valence-corrected chi connectivity index (χ2v) is 4.13. The van der Waals surface area contributed by atoms with Crippen LogP contribution in [0.5, 0.6) is 0 Å². The number of aliphatic hydroxyl groups excluding tert-OH is 1. The van der Waals surface area contributed by atoms with Crippen molar-refractivity contribution in [2.75, 3.05) is 11.9 Å². The second-order valence-electron chi connectivity index (χ2n) is 4.13.